The van der Waals surface area contributed by atoms with Crippen molar-refractivity contribution < 1.29 is 27.4 Å². The number of esters is 1. The Kier molecular flexibility index (Phi) is 7.38. The van der Waals surface area contributed by atoms with Gasteiger partial charge in [0.2, 0.25) is 0 Å². The summed E-state index contributed by atoms with van der Waals surface area (Å²) in [7, 11) is 0. The lowest BCUT2D eigenvalue weighted by molar-refractivity contribution is -0.274. The van der Waals surface area contributed by atoms with Crippen molar-refractivity contribution in [1.82, 2.24) is 10.7 Å². The summed E-state index contributed by atoms with van der Waals surface area (Å²) in [5, 5.41) is 3.09. The summed E-state index contributed by atoms with van der Waals surface area (Å²) < 4.78 is 45.5. The van der Waals surface area contributed by atoms with Crippen molar-refractivity contribution in [3.8, 4) is 5.75 Å². The fraction of sp³-hybridized carbons (Fsp3) is 0.500. The minimum atomic E-state index is -4.69. The number of carbonyl (C=O) groups is 1. The second-order valence-corrected chi connectivity index (χ2v) is 6.46. The minimum Gasteiger partial charge on any atom is -0.461 e. The predicted molar refractivity (Wildman–Crippen MR) is 96.4 cm³/mol. The van der Waals surface area contributed by atoms with Crippen LogP contribution < -0.4 is 27.1 Å². The van der Waals surface area contributed by atoms with Gasteiger partial charge in [0.1, 0.15) is 11.6 Å². The number of hydrogen-bond acceptors (Lipinski definition) is 7. The highest BCUT2D eigenvalue weighted by atomic mass is 19.4. The van der Waals surface area contributed by atoms with Gasteiger partial charge in [-0.25, -0.2) is 4.79 Å². The van der Waals surface area contributed by atoms with E-state index in [0.29, 0.717) is 0 Å². The molecule has 0 heterocycles. The van der Waals surface area contributed by atoms with Gasteiger partial charge in [-0.1, -0.05) is 12.1 Å². The Morgan fingerprint density at radius 2 is 1.79 bits per heavy atom. The van der Waals surface area contributed by atoms with Gasteiger partial charge in [0, 0.05) is 6.04 Å². The number of alkyl halides is 3. The van der Waals surface area contributed by atoms with Gasteiger partial charge >= 0.3 is 12.3 Å². The Labute approximate surface area is 161 Å². The number of nitrogens with one attached hydrogen (secondary N) is 2. The van der Waals surface area contributed by atoms with E-state index >= 15 is 0 Å². The van der Waals surface area contributed by atoms with Crippen LogP contribution in [0.1, 0.15) is 44.1 Å². The van der Waals surface area contributed by atoms with E-state index in [4.69, 9.17) is 16.3 Å². The van der Waals surface area contributed by atoms with Crippen LogP contribution in [0.2, 0.25) is 0 Å². The van der Waals surface area contributed by atoms with Crippen LogP contribution in [0, 0.1) is 0 Å². The molecule has 0 unspecified atom stereocenters. The molecule has 1 aromatic carbocycles. The van der Waals surface area contributed by atoms with E-state index in [9.17, 15) is 18.0 Å². The molecule has 0 bridgehead atoms. The summed E-state index contributed by atoms with van der Waals surface area (Å²) in [4.78, 5) is 11.8. The molecule has 0 atom stereocenters. The maximum Gasteiger partial charge on any atom is 0.573 e. The third-order valence-electron chi connectivity index (χ3n) is 4.57. The third-order valence-corrected chi connectivity index (χ3v) is 4.57. The molecule has 0 aliphatic heterocycles. The number of benzene rings is 1. The summed E-state index contributed by atoms with van der Waals surface area (Å²) in [6.07, 6.45) is -1.47. The number of halogens is 3. The lowest BCUT2D eigenvalue weighted by Crippen LogP contribution is -2.40. The minimum absolute atomic E-state index is 0.0239. The van der Waals surface area contributed by atoms with Gasteiger partial charge in [0.15, 0.2) is 5.70 Å². The standard InChI is InChI=1S/C18H25F3N4O3/c1-2-27-17(26)15(25-23)16(22)24-13-7-3-11(4-8-13)12-5-9-14(10-6-12)28-18(19,20)21/h5-6,9-11,13,24-25H,2-4,7-8,22-23H2,1H3/b16-15+. The van der Waals surface area contributed by atoms with E-state index in [1.54, 1.807) is 19.1 Å². The monoisotopic (exact) mass is 402 g/mol. The molecule has 28 heavy (non-hydrogen) atoms. The number of ether oxygens (including phenoxy) is 2. The molecule has 7 nitrogen and oxygen atoms in total. The Morgan fingerprint density at radius 3 is 2.29 bits per heavy atom. The largest absolute Gasteiger partial charge is 0.573 e. The van der Waals surface area contributed by atoms with Crippen LogP contribution in [0.15, 0.2) is 35.8 Å². The van der Waals surface area contributed by atoms with E-state index in [1.165, 1.54) is 12.1 Å². The van der Waals surface area contributed by atoms with E-state index in [0.717, 1.165) is 31.2 Å². The fourth-order valence-electron chi connectivity index (χ4n) is 3.25. The van der Waals surface area contributed by atoms with Gasteiger partial charge in [0.05, 0.1) is 6.61 Å². The first kappa shape index (κ1) is 21.7. The SMILES string of the molecule is CCOC(=O)/C(NN)=C(/N)NC1CCC(c2ccc(OC(F)(F)F)cc2)CC1. The maximum atomic E-state index is 12.2. The van der Waals surface area contributed by atoms with Gasteiger partial charge in [-0.05, 0) is 56.2 Å². The number of hydrazine groups is 1. The zero-order valence-corrected chi connectivity index (χ0v) is 15.5. The molecule has 6 N–H and O–H groups in total. The lowest BCUT2D eigenvalue weighted by Gasteiger charge is -2.30. The molecular weight excluding hydrogens is 377 g/mol. The molecule has 1 aliphatic rings. The molecule has 156 valence electrons. The molecule has 2 rings (SSSR count). The molecule has 0 spiro atoms. The summed E-state index contributed by atoms with van der Waals surface area (Å²) in [5.41, 5.74) is 9.12. The molecule has 0 saturated heterocycles. The predicted octanol–water partition coefficient (Wildman–Crippen LogP) is 2.36. The topological polar surface area (TPSA) is 112 Å². The van der Waals surface area contributed by atoms with E-state index in [2.05, 4.69) is 15.5 Å². The Morgan fingerprint density at radius 1 is 1.18 bits per heavy atom. The third kappa shape index (κ3) is 6.22. The van der Waals surface area contributed by atoms with Crippen molar-refractivity contribution in [3.05, 3.63) is 41.3 Å². The van der Waals surface area contributed by atoms with E-state index < -0.39 is 12.3 Å². The lowest BCUT2D eigenvalue weighted by atomic mass is 9.82. The highest BCUT2D eigenvalue weighted by molar-refractivity contribution is 5.88. The first-order valence-electron chi connectivity index (χ1n) is 8.99. The van der Waals surface area contributed by atoms with Gasteiger partial charge in [-0.2, -0.15) is 0 Å². The quantitative estimate of drug-likeness (QED) is 0.240. The number of rotatable bonds is 7. The van der Waals surface area contributed by atoms with Crippen molar-refractivity contribution in [2.24, 2.45) is 11.6 Å². The molecule has 0 amide bonds. The van der Waals surface area contributed by atoms with Gasteiger partial charge in [-0.3, -0.25) is 5.84 Å². The summed E-state index contributed by atoms with van der Waals surface area (Å²) in [5.74, 6) is 4.84. The molecule has 0 aromatic heterocycles. The second kappa shape index (κ2) is 9.54. The summed E-state index contributed by atoms with van der Waals surface area (Å²) >= 11 is 0. The summed E-state index contributed by atoms with van der Waals surface area (Å²) in [6.45, 7) is 1.88. The smallest absolute Gasteiger partial charge is 0.461 e. The summed E-state index contributed by atoms with van der Waals surface area (Å²) in [6, 6.07) is 6.02. The van der Waals surface area contributed by atoms with Crippen LogP contribution >= 0.6 is 0 Å². The first-order chi connectivity index (χ1) is 13.2. The molecule has 1 aromatic rings. The van der Waals surface area contributed by atoms with Crippen molar-refractivity contribution >= 4 is 5.97 Å². The molecule has 0 radical (unpaired) electrons. The zero-order chi connectivity index (χ0) is 20.7. The molecule has 10 heteroatoms. The highest BCUT2D eigenvalue weighted by Crippen LogP contribution is 2.34. The van der Waals surface area contributed by atoms with Gasteiger partial charge < -0.3 is 25.9 Å². The number of nitrogens with two attached hydrogens (primary N) is 2. The first-order valence-corrected chi connectivity index (χ1v) is 8.99. The van der Waals surface area contributed by atoms with E-state index in [-0.39, 0.29) is 35.8 Å². The van der Waals surface area contributed by atoms with Crippen LogP contribution in [0.5, 0.6) is 5.75 Å². The second-order valence-electron chi connectivity index (χ2n) is 6.46. The fourth-order valence-corrected chi connectivity index (χ4v) is 3.25. The Bertz CT molecular complexity index is 684. The maximum absolute atomic E-state index is 12.2. The average Bonchev–Trinajstić information content (AvgIpc) is 2.62. The normalized spacial score (nSPS) is 20.8. The average molecular weight is 402 g/mol. The van der Waals surface area contributed by atoms with Crippen LogP contribution in [-0.2, 0) is 9.53 Å². The Hall–Kier alpha value is -2.62. The highest BCUT2D eigenvalue weighted by Gasteiger charge is 2.31. The molecule has 1 fully saturated rings. The van der Waals surface area contributed by atoms with Crippen molar-refractivity contribution in [2.75, 3.05) is 6.61 Å². The van der Waals surface area contributed by atoms with Crippen LogP contribution in [-0.4, -0.2) is 25.0 Å². The number of carbonyl (C=O) groups excluding carboxylic acids is 1. The van der Waals surface area contributed by atoms with Crippen molar-refractivity contribution in [2.45, 2.75) is 50.9 Å². The molecular formula is C18H25F3N4O3. The Balaban J connectivity index is 1.91. The van der Waals surface area contributed by atoms with Crippen LogP contribution in [0.4, 0.5) is 13.2 Å². The van der Waals surface area contributed by atoms with Crippen molar-refractivity contribution in [3.63, 3.8) is 0 Å². The van der Waals surface area contributed by atoms with Crippen molar-refractivity contribution in [1.29, 1.82) is 0 Å². The van der Waals surface area contributed by atoms with Gasteiger partial charge in [-0.15, -0.1) is 13.2 Å². The zero-order valence-electron chi connectivity index (χ0n) is 15.5. The molecule has 1 aliphatic carbocycles. The van der Waals surface area contributed by atoms with Gasteiger partial charge in [0.25, 0.3) is 0 Å². The van der Waals surface area contributed by atoms with E-state index in [1.807, 2.05) is 0 Å². The number of hydrogen-bond donors (Lipinski definition) is 4. The van der Waals surface area contributed by atoms with Crippen LogP contribution in [0.25, 0.3) is 0 Å². The molecule has 1 saturated carbocycles. The van der Waals surface area contributed by atoms with Crippen LogP contribution in [0.3, 0.4) is 0 Å².